The monoisotopic (exact) mass is 307 g/mol. The third-order valence-electron chi connectivity index (χ3n) is 4.26. The second-order valence-electron chi connectivity index (χ2n) is 5.89. The number of amides is 1. The topological polar surface area (TPSA) is 84.2 Å². The predicted molar refractivity (Wildman–Crippen MR) is 85.1 cm³/mol. The molecule has 6 heteroatoms. The molecular weight excluding hydrogens is 286 g/mol. The Morgan fingerprint density at radius 3 is 2.43 bits per heavy atom. The van der Waals surface area contributed by atoms with Gasteiger partial charge in [0.2, 0.25) is 0 Å². The summed E-state index contributed by atoms with van der Waals surface area (Å²) in [7, 11) is 1.58. The second kappa shape index (κ2) is 5.67. The van der Waals surface area contributed by atoms with Crippen molar-refractivity contribution in [2.75, 3.05) is 18.1 Å². The lowest BCUT2D eigenvalue weighted by Gasteiger charge is -2.13. The first kappa shape index (κ1) is 14.4. The summed E-state index contributed by atoms with van der Waals surface area (Å²) in [5.74, 6) is -0.0102. The third kappa shape index (κ3) is 2.77. The summed E-state index contributed by atoms with van der Waals surface area (Å²) in [6.07, 6.45) is 6.52. The Kier molecular flexibility index (Phi) is 3.89. The van der Waals surface area contributed by atoms with Gasteiger partial charge in [-0.25, -0.2) is 0 Å². The Labute approximate surface area is 128 Å². The highest BCUT2D eigenvalue weighted by Gasteiger charge is 2.35. The molecule has 2 saturated carbocycles. The summed E-state index contributed by atoms with van der Waals surface area (Å²) in [5.41, 5.74) is 6.90. The van der Waals surface area contributed by atoms with Crippen molar-refractivity contribution in [3.63, 3.8) is 0 Å². The van der Waals surface area contributed by atoms with E-state index in [4.69, 9.17) is 5.73 Å². The number of rotatable bonds is 5. The number of thiophene rings is 1. The van der Waals surface area contributed by atoms with Crippen molar-refractivity contribution in [2.24, 2.45) is 5.92 Å². The summed E-state index contributed by atoms with van der Waals surface area (Å²) in [5, 5.41) is 6.80. The van der Waals surface area contributed by atoms with Crippen molar-refractivity contribution in [1.29, 1.82) is 0 Å². The Balaban J connectivity index is 1.93. The molecule has 2 aliphatic rings. The normalized spacial score (nSPS) is 18.7. The summed E-state index contributed by atoms with van der Waals surface area (Å²) >= 11 is 1.35. The van der Waals surface area contributed by atoms with E-state index in [0.717, 1.165) is 30.7 Å². The van der Waals surface area contributed by atoms with Gasteiger partial charge in [0, 0.05) is 19.0 Å². The number of ketones is 1. The highest BCUT2D eigenvalue weighted by Crippen LogP contribution is 2.42. The van der Waals surface area contributed by atoms with Crippen LogP contribution in [0.15, 0.2) is 0 Å². The number of nitrogens with one attached hydrogen (secondary N) is 2. The highest BCUT2D eigenvalue weighted by atomic mass is 32.1. The molecule has 0 spiro atoms. The average molecular weight is 307 g/mol. The SMILES string of the molecule is CNC(=O)c1c(NC2CCCC2)sc(C(=O)C2CC2)c1N. The van der Waals surface area contributed by atoms with Crippen LogP contribution in [0.2, 0.25) is 0 Å². The Hall–Kier alpha value is -1.56. The van der Waals surface area contributed by atoms with Crippen LogP contribution in [-0.2, 0) is 0 Å². The van der Waals surface area contributed by atoms with Crippen molar-refractivity contribution in [2.45, 2.75) is 44.6 Å². The van der Waals surface area contributed by atoms with E-state index in [1.54, 1.807) is 7.05 Å². The molecule has 5 nitrogen and oxygen atoms in total. The summed E-state index contributed by atoms with van der Waals surface area (Å²) in [4.78, 5) is 25.0. The first-order valence-corrected chi connectivity index (χ1v) is 8.38. The molecule has 1 aromatic rings. The third-order valence-corrected chi connectivity index (χ3v) is 5.41. The molecule has 114 valence electrons. The van der Waals surface area contributed by atoms with E-state index >= 15 is 0 Å². The number of hydrogen-bond donors (Lipinski definition) is 3. The number of carbonyl (C=O) groups is 2. The highest BCUT2D eigenvalue weighted by molar-refractivity contribution is 7.19. The average Bonchev–Trinajstić information content (AvgIpc) is 3.12. The molecule has 2 fully saturated rings. The molecule has 1 amide bonds. The zero-order valence-electron chi connectivity index (χ0n) is 12.2. The van der Waals surface area contributed by atoms with Crippen molar-refractivity contribution in [1.82, 2.24) is 5.32 Å². The number of nitrogen functional groups attached to an aromatic ring is 1. The van der Waals surface area contributed by atoms with Gasteiger partial charge in [-0.3, -0.25) is 9.59 Å². The van der Waals surface area contributed by atoms with Crippen molar-refractivity contribution < 1.29 is 9.59 Å². The van der Waals surface area contributed by atoms with Crippen LogP contribution < -0.4 is 16.4 Å². The Morgan fingerprint density at radius 2 is 1.86 bits per heavy atom. The number of hydrogen-bond acceptors (Lipinski definition) is 5. The molecule has 0 atom stereocenters. The molecule has 1 aromatic heterocycles. The number of nitrogens with two attached hydrogens (primary N) is 1. The number of anilines is 2. The van der Waals surface area contributed by atoms with Crippen LogP contribution in [0.3, 0.4) is 0 Å². The molecular formula is C15H21N3O2S. The fraction of sp³-hybridized carbons (Fsp3) is 0.600. The number of carbonyl (C=O) groups excluding carboxylic acids is 2. The molecule has 0 unspecified atom stereocenters. The number of Topliss-reactive ketones (excluding diaryl/α,β-unsaturated/α-hetero) is 1. The van der Waals surface area contributed by atoms with Crippen LogP contribution in [0.1, 0.15) is 58.6 Å². The molecule has 21 heavy (non-hydrogen) atoms. The van der Waals surface area contributed by atoms with Gasteiger partial charge in [0.25, 0.3) is 5.91 Å². The molecule has 0 bridgehead atoms. The van der Waals surface area contributed by atoms with E-state index in [9.17, 15) is 9.59 Å². The van der Waals surface area contributed by atoms with E-state index in [-0.39, 0.29) is 17.6 Å². The quantitative estimate of drug-likeness (QED) is 0.730. The van der Waals surface area contributed by atoms with E-state index < -0.39 is 0 Å². The lowest BCUT2D eigenvalue weighted by atomic mass is 10.1. The maximum absolute atomic E-state index is 12.3. The zero-order valence-corrected chi connectivity index (χ0v) is 13.0. The molecule has 4 N–H and O–H groups in total. The van der Waals surface area contributed by atoms with E-state index in [1.807, 2.05) is 0 Å². The Morgan fingerprint density at radius 1 is 1.19 bits per heavy atom. The van der Waals surface area contributed by atoms with E-state index in [1.165, 1.54) is 24.2 Å². The summed E-state index contributed by atoms with van der Waals surface area (Å²) in [6.45, 7) is 0. The fourth-order valence-corrected chi connectivity index (χ4v) is 4.08. The standard InChI is InChI=1S/C15H21N3O2S/c1-17-14(20)10-11(16)13(12(19)8-6-7-8)21-15(10)18-9-4-2-3-5-9/h8-9,18H,2-7,16H2,1H3,(H,17,20). The summed E-state index contributed by atoms with van der Waals surface area (Å²) < 4.78 is 0. The van der Waals surface area contributed by atoms with E-state index in [2.05, 4.69) is 10.6 Å². The van der Waals surface area contributed by atoms with Crippen LogP contribution in [0.25, 0.3) is 0 Å². The minimum absolute atomic E-state index is 0.0992. The smallest absolute Gasteiger partial charge is 0.256 e. The molecule has 0 aromatic carbocycles. The van der Waals surface area contributed by atoms with Gasteiger partial charge in [0.15, 0.2) is 5.78 Å². The molecule has 2 aliphatic carbocycles. The van der Waals surface area contributed by atoms with Gasteiger partial charge in [-0.15, -0.1) is 11.3 Å². The first-order valence-electron chi connectivity index (χ1n) is 7.57. The van der Waals surface area contributed by atoms with Gasteiger partial charge in [-0.2, -0.15) is 0 Å². The van der Waals surface area contributed by atoms with Crippen molar-refractivity contribution >= 4 is 33.7 Å². The fourth-order valence-electron chi connectivity index (χ4n) is 2.87. The lowest BCUT2D eigenvalue weighted by molar-refractivity contribution is 0.0964. The van der Waals surface area contributed by atoms with Gasteiger partial charge in [0.1, 0.15) is 5.00 Å². The minimum Gasteiger partial charge on any atom is -0.397 e. The van der Waals surface area contributed by atoms with Gasteiger partial charge < -0.3 is 16.4 Å². The molecule has 0 radical (unpaired) electrons. The molecule has 0 aliphatic heterocycles. The molecule has 0 saturated heterocycles. The van der Waals surface area contributed by atoms with Crippen molar-refractivity contribution in [3.8, 4) is 0 Å². The van der Waals surface area contributed by atoms with Crippen LogP contribution >= 0.6 is 11.3 Å². The van der Waals surface area contributed by atoms with Crippen LogP contribution in [0.5, 0.6) is 0 Å². The largest absolute Gasteiger partial charge is 0.397 e. The van der Waals surface area contributed by atoms with Crippen LogP contribution in [0, 0.1) is 5.92 Å². The van der Waals surface area contributed by atoms with Gasteiger partial charge in [-0.1, -0.05) is 12.8 Å². The van der Waals surface area contributed by atoms with Crippen LogP contribution in [0.4, 0.5) is 10.7 Å². The Bertz CT molecular complexity index is 572. The van der Waals surface area contributed by atoms with E-state index in [0.29, 0.717) is 22.2 Å². The summed E-state index contributed by atoms with van der Waals surface area (Å²) in [6, 6.07) is 0.385. The lowest BCUT2D eigenvalue weighted by Crippen LogP contribution is -2.22. The molecule has 1 heterocycles. The maximum atomic E-state index is 12.3. The van der Waals surface area contributed by atoms with Crippen LogP contribution in [-0.4, -0.2) is 24.8 Å². The van der Waals surface area contributed by atoms with Gasteiger partial charge >= 0.3 is 0 Å². The zero-order chi connectivity index (χ0) is 15.0. The van der Waals surface area contributed by atoms with Gasteiger partial charge in [0.05, 0.1) is 16.1 Å². The second-order valence-corrected chi connectivity index (χ2v) is 6.91. The predicted octanol–water partition coefficient (Wildman–Crippen LogP) is 2.64. The van der Waals surface area contributed by atoms with Crippen molar-refractivity contribution in [3.05, 3.63) is 10.4 Å². The maximum Gasteiger partial charge on any atom is 0.256 e. The molecule has 3 rings (SSSR count). The first-order chi connectivity index (χ1) is 10.1. The minimum atomic E-state index is -0.223. The van der Waals surface area contributed by atoms with Gasteiger partial charge in [-0.05, 0) is 25.7 Å².